The minimum absolute atomic E-state index is 0.0873. The molecule has 2 heterocycles. The van der Waals surface area contributed by atoms with Crippen LogP contribution in [0.2, 0.25) is 0 Å². The molecule has 1 aromatic heterocycles. The van der Waals surface area contributed by atoms with Crippen LogP contribution in [0.25, 0.3) is 0 Å². The van der Waals surface area contributed by atoms with E-state index >= 15 is 0 Å². The Morgan fingerprint density at radius 3 is 2.95 bits per heavy atom. The number of hydrogen-bond donors (Lipinski definition) is 0. The lowest BCUT2D eigenvalue weighted by molar-refractivity contribution is 0.0705. The lowest BCUT2D eigenvalue weighted by atomic mass is 10.1. The van der Waals surface area contributed by atoms with Crippen molar-refractivity contribution in [1.29, 1.82) is 0 Å². The van der Waals surface area contributed by atoms with Crippen molar-refractivity contribution in [2.24, 2.45) is 5.92 Å². The van der Waals surface area contributed by atoms with Crippen molar-refractivity contribution in [3.8, 4) is 0 Å². The summed E-state index contributed by atoms with van der Waals surface area (Å²) in [5, 5.41) is 0. The monoisotopic (exact) mass is 264 g/mol. The van der Waals surface area contributed by atoms with Crippen LogP contribution >= 0.6 is 0 Å². The normalized spacial score (nSPS) is 22.5. The molecule has 0 N–H and O–H groups in total. The third-order valence-corrected chi connectivity index (χ3v) is 3.70. The van der Waals surface area contributed by atoms with Crippen LogP contribution in [0, 0.1) is 11.9 Å². The number of pyridine rings is 1. The van der Waals surface area contributed by atoms with Crippen molar-refractivity contribution in [3.05, 3.63) is 29.8 Å². The number of aromatic nitrogens is 1. The predicted octanol–water partition coefficient (Wildman–Crippen LogP) is 1.86. The fraction of sp³-hybridized carbons (Fsp3) is 0.571. The van der Waals surface area contributed by atoms with Crippen molar-refractivity contribution in [2.45, 2.75) is 25.3 Å². The van der Waals surface area contributed by atoms with Gasteiger partial charge in [0, 0.05) is 42.9 Å². The minimum Gasteiger partial charge on any atom is -0.381 e. The van der Waals surface area contributed by atoms with Crippen LogP contribution in [0.3, 0.4) is 0 Å². The summed E-state index contributed by atoms with van der Waals surface area (Å²) in [6.45, 7) is 2.22. The quantitative estimate of drug-likeness (QED) is 0.780. The molecule has 1 atom stereocenters. The Hall–Kier alpha value is -1.49. The first-order chi connectivity index (χ1) is 9.24. The zero-order chi connectivity index (χ0) is 13.2. The van der Waals surface area contributed by atoms with Gasteiger partial charge >= 0.3 is 0 Å². The second-order valence-electron chi connectivity index (χ2n) is 5.29. The van der Waals surface area contributed by atoms with Gasteiger partial charge in [-0.15, -0.1) is 0 Å². The molecule has 2 aliphatic rings. The number of rotatable bonds is 4. The van der Waals surface area contributed by atoms with E-state index in [4.69, 9.17) is 4.74 Å². The molecule has 2 fully saturated rings. The molecular formula is C14H17FN2O2. The first kappa shape index (κ1) is 12.5. The Balaban J connectivity index is 1.73. The first-order valence-corrected chi connectivity index (χ1v) is 6.74. The molecular weight excluding hydrogens is 247 g/mol. The smallest absolute Gasteiger partial charge is 0.254 e. The van der Waals surface area contributed by atoms with Gasteiger partial charge < -0.3 is 9.64 Å². The van der Waals surface area contributed by atoms with Gasteiger partial charge in [0.25, 0.3) is 5.91 Å². The zero-order valence-corrected chi connectivity index (χ0v) is 10.7. The van der Waals surface area contributed by atoms with Crippen molar-refractivity contribution in [2.75, 3.05) is 19.8 Å². The van der Waals surface area contributed by atoms with Crippen molar-refractivity contribution < 1.29 is 13.9 Å². The highest BCUT2D eigenvalue weighted by Crippen LogP contribution is 2.30. The third-order valence-electron chi connectivity index (χ3n) is 3.70. The highest BCUT2D eigenvalue weighted by Gasteiger charge is 2.35. The van der Waals surface area contributed by atoms with Gasteiger partial charge in [-0.3, -0.25) is 4.79 Å². The summed E-state index contributed by atoms with van der Waals surface area (Å²) in [6.07, 6.45) is 4.44. The Labute approximate surface area is 111 Å². The standard InChI is InChI=1S/C14H17FN2O2/c15-13-7-11(3-5-16-13)14(18)17(12-1-2-12)8-10-4-6-19-9-10/h3,5,7,10,12H,1-2,4,6,8-9H2. The van der Waals surface area contributed by atoms with E-state index in [9.17, 15) is 9.18 Å². The highest BCUT2D eigenvalue weighted by molar-refractivity contribution is 5.94. The van der Waals surface area contributed by atoms with Gasteiger partial charge in [-0.1, -0.05) is 0 Å². The van der Waals surface area contributed by atoms with Gasteiger partial charge in [0.2, 0.25) is 5.95 Å². The molecule has 0 spiro atoms. The van der Waals surface area contributed by atoms with Crippen LogP contribution in [0.5, 0.6) is 0 Å². The number of hydrogen-bond acceptors (Lipinski definition) is 3. The summed E-state index contributed by atoms with van der Waals surface area (Å²) in [4.78, 5) is 17.8. The molecule has 1 unspecified atom stereocenters. The van der Waals surface area contributed by atoms with E-state index in [1.165, 1.54) is 12.3 Å². The topological polar surface area (TPSA) is 42.4 Å². The zero-order valence-electron chi connectivity index (χ0n) is 10.7. The summed E-state index contributed by atoms with van der Waals surface area (Å²) >= 11 is 0. The van der Waals surface area contributed by atoms with E-state index < -0.39 is 5.95 Å². The van der Waals surface area contributed by atoms with Gasteiger partial charge in [0.1, 0.15) is 0 Å². The molecule has 1 saturated carbocycles. The third kappa shape index (κ3) is 2.92. The fourth-order valence-corrected chi connectivity index (χ4v) is 2.49. The predicted molar refractivity (Wildman–Crippen MR) is 67.2 cm³/mol. The Kier molecular flexibility index (Phi) is 3.46. The maximum atomic E-state index is 13.1. The molecule has 3 rings (SSSR count). The Bertz CT molecular complexity index is 470. The van der Waals surface area contributed by atoms with Gasteiger partial charge in [0.15, 0.2) is 0 Å². The molecule has 1 amide bonds. The maximum absolute atomic E-state index is 13.1. The van der Waals surface area contributed by atoms with Crippen molar-refractivity contribution in [3.63, 3.8) is 0 Å². The molecule has 0 aromatic carbocycles. The first-order valence-electron chi connectivity index (χ1n) is 6.74. The van der Waals surface area contributed by atoms with Crippen LogP contribution in [0.4, 0.5) is 4.39 Å². The second kappa shape index (κ2) is 5.25. The second-order valence-corrected chi connectivity index (χ2v) is 5.29. The van der Waals surface area contributed by atoms with E-state index in [0.29, 0.717) is 24.1 Å². The SMILES string of the molecule is O=C(c1ccnc(F)c1)N(CC1CCOC1)C1CC1. The molecule has 5 heteroatoms. The minimum atomic E-state index is -0.606. The number of carbonyl (C=O) groups is 1. The number of amides is 1. The summed E-state index contributed by atoms with van der Waals surface area (Å²) < 4.78 is 18.5. The Morgan fingerprint density at radius 1 is 1.47 bits per heavy atom. The molecule has 4 nitrogen and oxygen atoms in total. The van der Waals surface area contributed by atoms with Crippen LogP contribution in [0.15, 0.2) is 18.3 Å². The summed E-state index contributed by atoms with van der Waals surface area (Å²) in [5.41, 5.74) is 0.387. The summed E-state index contributed by atoms with van der Waals surface area (Å²) in [5.74, 6) is -0.280. The van der Waals surface area contributed by atoms with Gasteiger partial charge in [0.05, 0.1) is 6.61 Å². The molecule has 1 saturated heterocycles. The molecule has 0 bridgehead atoms. The molecule has 19 heavy (non-hydrogen) atoms. The van der Waals surface area contributed by atoms with Gasteiger partial charge in [-0.25, -0.2) is 4.98 Å². The molecule has 1 aliphatic heterocycles. The lowest BCUT2D eigenvalue weighted by Crippen LogP contribution is -2.37. The highest BCUT2D eigenvalue weighted by atomic mass is 19.1. The van der Waals surface area contributed by atoms with E-state index in [1.807, 2.05) is 4.90 Å². The van der Waals surface area contributed by atoms with E-state index in [1.54, 1.807) is 6.07 Å². The Morgan fingerprint density at radius 2 is 2.32 bits per heavy atom. The maximum Gasteiger partial charge on any atom is 0.254 e. The van der Waals surface area contributed by atoms with Gasteiger partial charge in [-0.05, 0) is 25.3 Å². The average Bonchev–Trinajstić information content (AvgIpc) is 3.12. The number of ether oxygens (including phenoxy) is 1. The van der Waals surface area contributed by atoms with Crippen molar-refractivity contribution >= 4 is 5.91 Å². The van der Waals surface area contributed by atoms with E-state index in [2.05, 4.69) is 4.98 Å². The van der Waals surface area contributed by atoms with E-state index in [-0.39, 0.29) is 5.91 Å². The van der Waals surface area contributed by atoms with Crippen LogP contribution < -0.4 is 0 Å². The van der Waals surface area contributed by atoms with Crippen LogP contribution in [-0.4, -0.2) is 41.6 Å². The van der Waals surface area contributed by atoms with Gasteiger partial charge in [-0.2, -0.15) is 4.39 Å². The summed E-state index contributed by atoms with van der Waals surface area (Å²) in [6, 6.07) is 3.11. The lowest BCUT2D eigenvalue weighted by Gasteiger charge is -2.25. The molecule has 1 aliphatic carbocycles. The molecule has 0 radical (unpaired) electrons. The number of halogens is 1. The number of nitrogens with zero attached hydrogens (tertiary/aromatic N) is 2. The summed E-state index contributed by atoms with van der Waals surface area (Å²) in [7, 11) is 0. The van der Waals surface area contributed by atoms with Crippen LogP contribution in [0.1, 0.15) is 29.6 Å². The average molecular weight is 264 g/mol. The molecule has 1 aromatic rings. The number of carbonyl (C=O) groups excluding carboxylic acids is 1. The van der Waals surface area contributed by atoms with Crippen molar-refractivity contribution in [1.82, 2.24) is 9.88 Å². The molecule has 102 valence electrons. The fourth-order valence-electron chi connectivity index (χ4n) is 2.49. The van der Waals surface area contributed by atoms with Crippen LogP contribution in [-0.2, 0) is 4.74 Å². The van der Waals surface area contributed by atoms with E-state index in [0.717, 1.165) is 32.5 Å². The largest absolute Gasteiger partial charge is 0.381 e.